The molecule has 9 nitrogen and oxygen atoms in total. The average molecular weight is 277 g/mol. The number of fused-ring (bicyclic) bond motifs is 1. The lowest BCUT2D eigenvalue weighted by Crippen LogP contribution is -2.27. The third-order valence-corrected chi connectivity index (χ3v) is 2.50. The molecule has 0 aliphatic heterocycles. The van der Waals surface area contributed by atoms with Crippen molar-refractivity contribution in [2.75, 3.05) is 18.4 Å². The molecular weight excluding hydrogens is 266 g/mol. The second-order valence-corrected chi connectivity index (χ2v) is 3.81. The summed E-state index contributed by atoms with van der Waals surface area (Å²) in [5, 5.41) is 24.4. The van der Waals surface area contributed by atoms with Gasteiger partial charge in [0.05, 0.1) is 10.4 Å². The Hall–Kier alpha value is -2.97. The molecule has 3 N–H and O–H groups in total. The number of aromatic nitrogens is 2. The topological polar surface area (TPSA) is 130 Å². The number of anilines is 1. The van der Waals surface area contributed by atoms with Gasteiger partial charge >= 0.3 is 11.8 Å². The minimum atomic E-state index is -1.15. The summed E-state index contributed by atoms with van der Waals surface area (Å²) in [5.74, 6) is 0. The molecule has 0 aliphatic rings. The summed E-state index contributed by atoms with van der Waals surface area (Å²) in [5.41, 5.74) is 0.920. The molecule has 2 aromatic rings. The third kappa shape index (κ3) is 2.88. The maximum absolute atomic E-state index is 11.0. The van der Waals surface area contributed by atoms with Gasteiger partial charge in [-0.2, -0.15) is 0 Å². The van der Waals surface area contributed by atoms with E-state index in [-0.39, 0.29) is 24.5 Å². The van der Waals surface area contributed by atoms with E-state index in [1.807, 2.05) is 0 Å². The summed E-state index contributed by atoms with van der Waals surface area (Å²) in [6, 6.07) is 3.36. The number of amides is 1. The summed E-state index contributed by atoms with van der Waals surface area (Å²) in [6.07, 6.45) is 1.50. The average Bonchev–Trinajstić information content (AvgIpc) is 2.42. The Morgan fingerprint density at radius 2 is 2.20 bits per heavy atom. The highest BCUT2D eigenvalue weighted by Crippen LogP contribution is 2.29. The van der Waals surface area contributed by atoms with Crippen LogP contribution in [-0.4, -0.2) is 39.2 Å². The number of rotatable bonds is 5. The summed E-state index contributed by atoms with van der Waals surface area (Å²) < 4.78 is 0. The van der Waals surface area contributed by atoms with Crippen molar-refractivity contribution in [3.8, 4) is 0 Å². The Kier molecular flexibility index (Phi) is 3.89. The lowest BCUT2D eigenvalue weighted by atomic mass is 10.2. The molecule has 0 aliphatic carbocycles. The van der Waals surface area contributed by atoms with E-state index in [1.54, 1.807) is 12.1 Å². The molecule has 0 bridgehead atoms. The van der Waals surface area contributed by atoms with Gasteiger partial charge < -0.3 is 15.7 Å². The highest BCUT2D eigenvalue weighted by molar-refractivity contribution is 5.92. The predicted molar refractivity (Wildman–Crippen MR) is 70.7 cm³/mol. The molecular formula is C11H11N5O4. The van der Waals surface area contributed by atoms with Gasteiger partial charge in [-0.3, -0.25) is 15.1 Å². The predicted octanol–water partition coefficient (Wildman–Crippen LogP) is 1.22. The molecule has 2 heterocycles. The zero-order valence-corrected chi connectivity index (χ0v) is 10.2. The van der Waals surface area contributed by atoms with Gasteiger partial charge in [0.15, 0.2) is 0 Å². The minimum absolute atomic E-state index is 0.114. The molecule has 0 saturated heterocycles. The largest absolute Gasteiger partial charge is 0.465 e. The summed E-state index contributed by atoms with van der Waals surface area (Å²) in [7, 11) is 0. The van der Waals surface area contributed by atoms with E-state index in [1.165, 1.54) is 6.20 Å². The van der Waals surface area contributed by atoms with E-state index in [9.17, 15) is 14.9 Å². The molecule has 20 heavy (non-hydrogen) atoms. The highest BCUT2D eigenvalue weighted by atomic mass is 16.6. The fourth-order valence-corrected chi connectivity index (χ4v) is 1.68. The van der Waals surface area contributed by atoms with Crippen LogP contribution in [0.1, 0.15) is 0 Å². The second kappa shape index (κ2) is 5.78. The first-order chi connectivity index (χ1) is 9.59. The molecule has 0 radical (unpaired) electrons. The maximum Gasteiger partial charge on any atom is 0.404 e. The molecule has 0 aromatic carbocycles. The van der Waals surface area contributed by atoms with Crippen LogP contribution in [0, 0.1) is 10.1 Å². The second-order valence-electron chi connectivity index (χ2n) is 3.81. The van der Waals surface area contributed by atoms with Crippen LogP contribution in [0.2, 0.25) is 0 Å². The molecule has 0 unspecified atom stereocenters. The van der Waals surface area contributed by atoms with Crippen LogP contribution in [0.5, 0.6) is 0 Å². The van der Waals surface area contributed by atoms with E-state index in [2.05, 4.69) is 20.6 Å². The minimum Gasteiger partial charge on any atom is -0.465 e. The molecule has 2 aromatic heterocycles. The van der Waals surface area contributed by atoms with Crippen molar-refractivity contribution < 1.29 is 14.8 Å². The summed E-state index contributed by atoms with van der Waals surface area (Å²) in [6.45, 7) is 0.311. The fraction of sp³-hybridized carbons (Fsp3) is 0.182. The number of carboxylic acid groups (broad SMARTS) is 1. The van der Waals surface area contributed by atoms with Crippen molar-refractivity contribution in [1.82, 2.24) is 15.3 Å². The lowest BCUT2D eigenvalue weighted by molar-refractivity contribution is -0.384. The number of nitrogens with zero attached hydrogens (tertiary/aromatic N) is 3. The van der Waals surface area contributed by atoms with Crippen LogP contribution in [0.4, 0.5) is 16.2 Å². The van der Waals surface area contributed by atoms with E-state index >= 15 is 0 Å². The normalized spacial score (nSPS) is 10.2. The van der Waals surface area contributed by atoms with Crippen molar-refractivity contribution in [2.45, 2.75) is 0 Å². The first-order valence-corrected chi connectivity index (χ1v) is 5.68. The molecule has 2 rings (SSSR count). The van der Waals surface area contributed by atoms with Crippen LogP contribution < -0.4 is 10.6 Å². The van der Waals surface area contributed by atoms with Crippen molar-refractivity contribution in [3.63, 3.8) is 0 Å². The molecule has 0 atom stereocenters. The molecule has 1 amide bonds. The van der Waals surface area contributed by atoms with Gasteiger partial charge in [-0.15, -0.1) is 0 Å². The van der Waals surface area contributed by atoms with Crippen molar-refractivity contribution in [2.24, 2.45) is 0 Å². The maximum atomic E-state index is 11.0. The van der Waals surface area contributed by atoms with Gasteiger partial charge in [0.1, 0.15) is 17.4 Å². The third-order valence-electron chi connectivity index (χ3n) is 2.50. The molecule has 0 saturated carbocycles. The zero-order chi connectivity index (χ0) is 14.5. The zero-order valence-electron chi connectivity index (χ0n) is 10.2. The summed E-state index contributed by atoms with van der Waals surface area (Å²) >= 11 is 0. The van der Waals surface area contributed by atoms with Gasteiger partial charge in [-0.1, -0.05) is 0 Å². The quantitative estimate of drug-likeness (QED) is 0.425. The Bertz CT molecular complexity index is 660. The van der Waals surface area contributed by atoms with Crippen LogP contribution in [0.25, 0.3) is 11.0 Å². The van der Waals surface area contributed by atoms with E-state index < -0.39 is 11.0 Å². The SMILES string of the molecule is O=C(O)NCCNc1c([N+](=O)[O-])cnc2cccnc12. The first kappa shape index (κ1) is 13.5. The molecule has 0 spiro atoms. The van der Waals surface area contributed by atoms with Crippen molar-refractivity contribution in [1.29, 1.82) is 0 Å². The van der Waals surface area contributed by atoms with E-state index in [0.29, 0.717) is 11.0 Å². The van der Waals surface area contributed by atoms with Gasteiger partial charge in [0.25, 0.3) is 0 Å². The number of carbonyl (C=O) groups is 1. The molecule has 0 fully saturated rings. The standard InChI is InChI=1S/C11H11N5O4/c17-11(18)14-5-4-13-10-8(16(19)20)6-15-7-2-1-3-12-9(7)10/h1-3,6,14H,4-5H2,(H,13,15)(H,17,18). The number of hydrogen-bond acceptors (Lipinski definition) is 6. The van der Waals surface area contributed by atoms with Crippen LogP contribution >= 0.6 is 0 Å². The number of nitrogens with one attached hydrogen (secondary N) is 2. The fourth-order valence-electron chi connectivity index (χ4n) is 1.68. The van der Waals surface area contributed by atoms with E-state index in [4.69, 9.17) is 5.11 Å². The first-order valence-electron chi connectivity index (χ1n) is 5.68. The van der Waals surface area contributed by atoms with Crippen LogP contribution in [0.15, 0.2) is 24.5 Å². The van der Waals surface area contributed by atoms with Crippen molar-refractivity contribution >= 4 is 28.5 Å². The molecule has 9 heteroatoms. The number of hydrogen-bond donors (Lipinski definition) is 3. The van der Waals surface area contributed by atoms with Gasteiger partial charge in [-0.25, -0.2) is 9.78 Å². The summed E-state index contributed by atoms with van der Waals surface area (Å²) in [4.78, 5) is 28.8. The number of pyridine rings is 2. The van der Waals surface area contributed by atoms with Gasteiger partial charge in [0, 0.05) is 19.3 Å². The Balaban J connectivity index is 2.30. The smallest absolute Gasteiger partial charge is 0.404 e. The Labute approximate surface area is 112 Å². The monoisotopic (exact) mass is 277 g/mol. The molecule has 104 valence electrons. The highest BCUT2D eigenvalue weighted by Gasteiger charge is 2.18. The van der Waals surface area contributed by atoms with Crippen LogP contribution in [0.3, 0.4) is 0 Å². The Morgan fingerprint density at radius 1 is 1.40 bits per heavy atom. The van der Waals surface area contributed by atoms with Crippen molar-refractivity contribution in [3.05, 3.63) is 34.6 Å². The lowest BCUT2D eigenvalue weighted by Gasteiger charge is -2.09. The van der Waals surface area contributed by atoms with E-state index in [0.717, 1.165) is 6.20 Å². The van der Waals surface area contributed by atoms with Crippen LogP contribution in [-0.2, 0) is 0 Å². The van der Waals surface area contributed by atoms with Gasteiger partial charge in [0.2, 0.25) is 0 Å². The Morgan fingerprint density at radius 3 is 2.90 bits per heavy atom. The number of nitro groups is 1. The van der Waals surface area contributed by atoms with Gasteiger partial charge in [-0.05, 0) is 12.1 Å².